The number of amides is 1. The van der Waals surface area contributed by atoms with Gasteiger partial charge in [-0.3, -0.25) is 14.9 Å². The van der Waals surface area contributed by atoms with E-state index in [0.717, 1.165) is 24.8 Å². The fourth-order valence-electron chi connectivity index (χ4n) is 3.63. The number of anilines is 1. The van der Waals surface area contributed by atoms with E-state index < -0.39 is 10.8 Å². The first-order valence-electron chi connectivity index (χ1n) is 9.57. The molecule has 2 aromatic rings. The molecule has 0 bridgehead atoms. The lowest BCUT2D eigenvalue weighted by Crippen LogP contribution is -2.26. The first-order valence-corrected chi connectivity index (χ1v) is 10.8. The van der Waals surface area contributed by atoms with Gasteiger partial charge in [-0.15, -0.1) is 11.3 Å². The van der Waals surface area contributed by atoms with E-state index in [0.29, 0.717) is 22.0 Å². The van der Waals surface area contributed by atoms with Crippen molar-refractivity contribution in [3.05, 3.63) is 61.0 Å². The number of carbonyl (C=O) groups excluding carboxylic acids is 1. The van der Waals surface area contributed by atoms with E-state index in [2.05, 4.69) is 32.2 Å². The van der Waals surface area contributed by atoms with Gasteiger partial charge in [0.15, 0.2) is 0 Å². The fourth-order valence-corrected chi connectivity index (χ4v) is 5.10. The first-order chi connectivity index (χ1) is 14.1. The van der Waals surface area contributed by atoms with E-state index in [4.69, 9.17) is 11.6 Å². The predicted octanol–water partition coefficient (Wildman–Crippen LogP) is 5.98. The molecule has 0 saturated heterocycles. The Labute approximate surface area is 184 Å². The van der Waals surface area contributed by atoms with Crippen molar-refractivity contribution >= 4 is 45.6 Å². The van der Waals surface area contributed by atoms with Crippen molar-refractivity contribution in [1.29, 1.82) is 5.26 Å². The third kappa shape index (κ3) is 4.72. The molecule has 8 heteroatoms. The van der Waals surface area contributed by atoms with Crippen molar-refractivity contribution in [2.45, 2.75) is 40.0 Å². The Balaban J connectivity index is 1.77. The number of benzene rings is 1. The summed E-state index contributed by atoms with van der Waals surface area (Å²) in [5, 5.41) is 24.0. The Bertz CT molecular complexity index is 1080. The summed E-state index contributed by atoms with van der Waals surface area (Å²) in [5.41, 5.74) is 2.06. The second-order valence-corrected chi connectivity index (χ2v) is 9.93. The molecule has 1 amide bonds. The largest absolute Gasteiger partial charge is 0.313 e. The number of fused-ring (bicyclic) bond motifs is 1. The van der Waals surface area contributed by atoms with Gasteiger partial charge in [0.25, 0.3) is 5.69 Å². The van der Waals surface area contributed by atoms with Crippen molar-refractivity contribution < 1.29 is 9.72 Å². The lowest BCUT2D eigenvalue weighted by molar-refractivity contribution is -0.384. The van der Waals surface area contributed by atoms with Gasteiger partial charge in [-0.1, -0.05) is 38.4 Å². The Kier molecular flexibility index (Phi) is 6.30. The maximum absolute atomic E-state index is 12.4. The van der Waals surface area contributed by atoms with Crippen LogP contribution in [0.2, 0.25) is 5.02 Å². The average Bonchev–Trinajstić information content (AvgIpc) is 3.02. The SMILES string of the molecule is CC(C)(C)C1CCc2c(sc(NC(=O)/C=C/c3ccc(Cl)c([N+](=O)[O-])c3)c2C#N)C1. The molecule has 1 aromatic heterocycles. The van der Waals surface area contributed by atoms with Crippen LogP contribution in [0.1, 0.15) is 48.8 Å². The molecule has 6 nitrogen and oxygen atoms in total. The Hall–Kier alpha value is -2.69. The second kappa shape index (κ2) is 8.58. The van der Waals surface area contributed by atoms with Gasteiger partial charge in [0.1, 0.15) is 16.1 Å². The summed E-state index contributed by atoms with van der Waals surface area (Å²) in [4.78, 5) is 24.0. The van der Waals surface area contributed by atoms with Crippen LogP contribution in [0, 0.1) is 32.8 Å². The van der Waals surface area contributed by atoms with Crippen LogP contribution in [-0.4, -0.2) is 10.8 Å². The van der Waals surface area contributed by atoms with Crippen molar-refractivity contribution in [3.8, 4) is 6.07 Å². The highest BCUT2D eigenvalue weighted by Gasteiger charge is 2.32. The summed E-state index contributed by atoms with van der Waals surface area (Å²) in [5.74, 6) is 0.148. The monoisotopic (exact) mass is 443 g/mol. The summed E-state index contributed by atoms with van der Waals surface area (Å²) in [6, 6.07) is 6.57. The molecule has 156 valence electrons. The summed E-state index contributed by atoms with van der Waals surface area (Å²) < 4.78 is 0. The topological polar surface area (TPSA) is 96.0 Å². The Morgan fingerprint density at radius 3 is 2.80 bits per heavy atom. The first kappa shape index (κ1) is 22.0. The molecule has 1 atom stereocenters. The highest BCUT2D eigenvalue weighted by Crippen LogP contribution is 2.44. The minimum atomic E-state index is -0.569. The minimum absolute atomic E-state index is 0.0398. The molecule has 3 rings (SSSR count). The molecule has 0 fully saturated rings. The zero-order valence-electron chi connectivity index (χ0n) is 17.0. The highest BCUT2D eigenvalue weighted by atomic mass is 35.5. The maximum atomic E-state index is 12.4. The molecule has 1 aromatic carbocycles. The van der Waals surface area contributed by atoms with Gasteiger partial charge in [-0.2, -0.15) is 5.26 Å². The van der Waals surface area contributed by atoms with E-state index in [1.807, 2.05) is 0 Å². The van der Waals surface area contributed by atoms with Crippen molar-refractivity contribution in [3.63, 3.8) is 0 Å². The Morgan fingerprint density at radius 1 is 1.43 bits per heavy atom. The summed E-state index contributed by atoms with van der Waals surface area (Å²) in [7, 11) is 0. The molecule has 0 spiro atoms. The molecule has 1 aliphatic rings. The van der Waals surface area contributed by atoms with Crippen LogP contribution < -0.4 is 5.32 Å². The van der Waals surface area contributed by atoms with Crippen LogP contribution in [0.5, 0.6) is 0 Å². The number of nitro groups is 1. The van der Waals surface area contributed by atoms with Crippen LogP contribution in [0.25, 0.3) is 6.08 Å². The number of nitrogens with one attached hydrogen (secondary N) is 1. The molecule has 30 heavy (non-hydrogen) atoms. The third-order valence-corrected chi connectivity index (χ3v) is 6.92. The Morgan fingerprint density at radius 2 is 2.17 bits per heavy atom. The van der Waals surface area contributed by atoms with Crippen molar-refractivity contribution in [1.82, 2.24) is 0 Å². The number of hydrogen-bond donors (Lipinski definition) is 1. The number of nitrogens with zero attached hydrogens (tertiary/aromatic N) is 2. The van der Waals surface area contributed by atoms with E-state index in [1.54, 1.807) is 6.07 Å². The number of thiophene rings is 1. The molecular formula is C22H22ClN3O3S. The summed E-state index contributed by atoms with van der Waals surface area (Å²) >= 11 is 7.28. The fraction of sp³-hybridized carbons (Fsp3) is 0.364. The standard InChI is InChI=1S/C22H22ClN3O3S/c1-22(2,3)14-6-7-15-16(12-24)21(30-19(15)11-14)25-20(27)9-5-13-4-8-17(23)18(10-13)26(28)29/h4-5,8-10,14H,6-7,11H2,1-3H3,(H,25,27)/b9-5+. The van der Waals surface area contributed by atoms with Crippen LogP contribution in [0.4, 0.5) is 10.7 Å². The molecule has 0 radical (unpaired) electrons. The van der Waals surface area contributed by atoms with Crippen molar-refractivity contribution in [2.24, 2.45) is 11.3 Å². The number of carbonyl (C=O) groups is 1. The normalized spacial score (nSPS) is 16.2. The number of rotatable bonds is 4. The number of nitro benzene ring substituents is 1. The van der Waals surface area contributed by atoms with Crippen LogP contribution >= 0.6 is 22.9 Å². The van der Waals surface area contributed by atoms with E-state index in [-0.39, 0.29) is 16.1 Å². The second-order valence-electron chi connectivity index (χ2n) is 8.42. The summed E-state index contributed by atoms with van der Waals surface area (Å²) in [6.07, 6.45) is 5.57. The molecule has 0 saturated carbocycles. The highest BCUT2D eigenvalue weighted by molar-refractivity contribution is 7.16. The lowest BCUT2D eigenvalue weighted by atomic mass is 9.72. The van der Waals surface area contributed by atoms with Gasteiger partial charge in [0.05, 0.1) is 10.5 Å². The quantitative estimate of drug-likeness (QED) is 0.357. The zero-order chi connectivity index (χ0) is 22.1. The molecule has 1 N–H and O–H groups in total. The number of halogens is 1. The van der Waals surface area contributed by atoms with E-state index >= 15 is 0 Å². The van der Waals surface area contributed by atoms with Gasteiger partial charge in [-0.25, -0.2) is 0 Å². The number of nitriles is 1. The average molecular weight is 444 g/mol. The minimum Gasteiger partial charge on any atom is -0.313 e. The van der Waals surface area contributed by atoms with Crippen LogP contribution in [0.3, 0.4) is 0 Å². The smallest absolute Gasteiger partial charge is 0.288 e. The molecule has 1 aliphatic carbocycles. The lowest BCUT2D eigenvalue weighted by Gasteiger charge is -2.33. The zero-order valence-corrected chi connectivity index (χ0v) is 18.6. The molecule has 1 unspecified atom stereocenters. The van der Waals surface area contributed by atoms with Crippen LogP contribution in [0.15, 0.2) is 24.3 Å². The van der Waals surface area contributed by atoms with E-state index in [9.17, 15) is 20.2 Å². The van der Waals surface area contributed by atoms with Gasteiger partial charge in [0.2, 0.25) is 5.91 Å². The molecule has 1 heterocycles. The molecular weight excluding hydrogens is 422 g/mol. The number of hydrogen-bond acceptors (Lipinski definition) is 5. The molecule has 0 aliphatic heterocycles. The van der Waals surface area contributed by atoms with Gasteiger partial charge in [0, 0.05) is 17.0 Å². The third-order valence-electron chi connectivity index (χ3n) is 5.43. The van der Waals surface area contributed by atoms with Crippen LogP contribution in [-0.2, 0) is 17.6 Å². The maximum Gasteiger partial charge on any atom is 0.288 e. The van der Waals surface area contributed by atoms with Gasteiger partial charge < -0.3 is 5.32 Å². The predicted molar refractivity (Wildman–Crippen MR) is 120 cm³/mol. The summed E-state index contributed by atoms with van der Waals surface area (Å²) in [6.45, 7) is 6.70. The van der Waals surface area contributed by atoms with Crippen molar-refractivity contribution in [2.75, 3.05) is 5.32 Å². The van der Waals surface area contributed by atoms with Gasteiger partial charge in [-0.05, 0) is 53.9 Å². The van der Waals surface area contributed by atoms with E-state index in [1.165, 1.54) is 40.5 Å². The van der Waals surface area contributed by atoms with Gasteiger partial charge >= 0.3 is 0 Å².